The van der Waals surface area contributed by atoms with Gasteiger partial charge < -0.3 is 15.5 Å². The fourth-order valence-electron chi connectivity index (χ4n) is 2.60. The molecule has 0 aliphatic heterocycles. The molecule has 0 unspecified atom stereocenters. The summed E-state index contributed by atoms with van der Waals surface area (Å²) in [5.74, 6) is 1.11. The number of hydrogen-bond donors (Lipinski definition) is 2. The second-order valence-electron chi connectivity index (χ2n) is 4.72. The molecule has 2 aromatic heterocycles. The van der Waals surface area contributed by atoms with Gasteiger partial charge in [-0.25, -0.2) is 4.98 Å². The van der Waals surface area contributed by atoms with E-state index in [-0.39, 0.29) is 18.4 Å². The molecule has 0 aliphatic carbocycles. The van der Waals surface area contributed by atoms with E-state index in [1.807, 2.05) is 38.1 Å². The van der Waals surface area contributed by atoms with Crippen LogP contribution >= 0.6 is 12.4 Å². The van der Waals surface area contributed by atoms with Crippen molar-refractivity contribution in [2.24, 2.45) is 0 Å². The first kappa shape index (κ1) is 15.1. The fraction of sp³-hybridized carbons (Fsp3) is 0.200. The predicted molar refractivity (Wildman–Crippen MR) is 87.0 cm³/mol. The van der Waals surface area contributed by atoms with Crippen LogP contribution in [0.1, 0.15) is 11.4 Å². The lowest BCUT2D eigenvalue weighted by Gasteiger charge is -2.09. The van der Waals surface area contributed by atoms with E-state index < -0.39 is 0 Å². The average molecular weight is 305 g/mol. The van der Waals surface area contributed by atoms with Gasteiger partial charge >= 0.3 is 0 Å². The lowest BCUT2D eigenvalue weighted by Crippen LogP contribution is -1.97. The third-order valence-corrected chi connectivity index (χ3v) is 3.41. The number of nitrogen functional groups attached to an aromatic ring is 1. The number of hydrogen-bond acceptors (Lipinski definition) is 4. The Balaban J connectivity index is 0.00000161. The highest BCUT2D eigenvalue weighted by Gasteiger charge is 2.17. The van der Waals surface area contributed by atoms with Crippen molar-refractivity contribution in [2.45, 2.75) is 13.8 Å². The van der Waals surface area contributed by atoms with Crippen molar-refractivity contribution in [3.05, 3.63) is 35.7 Å². The van der Waals surface area contributed by atoms with Crippen LogP contribution < -0.4 is 10.5 Å². The Morgan fingerprint density at radius 3 is 2.57 bits per heavy atom. The molecular weight excluding hydrogens is 288 g/mol. The molecule has 0 saturated heterocycles. The molecule has 0 spiro atoms. The molecule has 6 heteroatoms. The Kier molecular flexibility index (Phi) is 4.04. The quantitative estimate of drug-likeness (QED) is 0.762. The number of nitrogens with two attached hydrogens (primary N) is 1. The number of aryl methyl sites for hydroxylation is 2. The number of methoxy groups -OCH3 is 1. The molecule has 0 bridgehead atoms. The third kappa shape index (κ3) is 2.40. The molecule has 110 valence electrons. The molecule has 5 nitrogen and oxygen atoms in total. The van der Waals surface area contributed by atoms with Crippen molar-refractivity contribution in [2.75, 3.05) is 12.8 Å². The van der Waals surface area contributed by atoms with Gasteiger partial charge in [0.1, 0.15) is 11.4 Å². The molecular formula is C15H17ClN4O. The number of nitrogens with one attached hydrogen (secondary N) is 1. The van der Waals surface area contributed by atoms with Crippen LogP contribution in [0.3, 0.4) is 0 Å². The van der Waals surface area contributed by atoms with E-state index in [0.717, 1.165) is 39.3 Å². The predicted octanol–water partition coefficient (Wildman–Crippen LogP) is 3.25. The summed E-state index contributed by atoms with van der Waals surface area (Å²) in [7, 11) is 1.67. The number of aromatic nitrogens is 3. The number of anilines is 1. The van der Waals surface area contributed by atoms with Crippen LogP contribution in [0.25, 0.3) is 22.2 Å². The van der Waals surface area contributed by atoms with Gasteiger partial charge in [0.2, 0.25) is 5.95 Å². The van der Waals surface area contributed by atoms with Gasteiger partial charge in [0, 0.05) is 22.2 Å². The van der Waals surface area contributed by atoms with Gasteiger partial charge in [-0.2, -0.15) is 4.98 Å². The molecule has 0 saturated carbocycles. The average Bonchev–Trinajstić information content (AvgIpc) is 2.74. The van der Waals surface area contributed by atoms with Crippen LogP contribution in [0.5, 0.6) is 5.75 Å². The number of aromatic amines is 1. The number of ether oxygens (including phenoxy) is 1. The highest BCUT2D eigenvalue weighted by Crippen LogP contribution is 2.38. The number of nitrogens with zero attached hydrogens (tertiary/aromatic N) is 2. The Morgan fingerprint density at radius 2 is 1.86 bits per heavy atom. The zero-order chi connectivity index (χ0) is 14.3. The normalized spacial score (nSPS) is 10.4. The first-order valence-corrected chi connectivity index (χ1v) is 6.37. The molecule has 0 radical (unpaired) electrons. The molecule has 3 aromatic rings. The number of H-pyrrole nitrogens is 1. The second kappa shape index (κ2) is 5.61. The molecule has 0 atom stereocenters. The van der Waals surface area contributed by atoms with Gasteiger partial charge in [-0.05, 0) is 19.9 Å². The maximum Gasteiger partial charge on any atom is 0.222 e. The number of halogens is 1. The van der Waals surface area contributed by atoms with Gasteiger partial charge in [-0.1, -0.05) is 18.2 Å². The van der Waals surface area contributed by atoms with Crippen molar-refractivity contribution >= 4 is 29.4 Å². The summed E-state index contributed by atoms with van der Waals surface area (Å²) in [6, 6.07) is 7.92. The molecule has 1 aromatic carbocycles. The van der Waals surface area contributed by atoms with Gasteiger partial charge in [-0.15, -0.1) is 12.4 Å². The monoisotopic (exact) mass is 304 g/mol. The molecule has 0 aliphatic rings. The summed E-state index contributed by atoms with van der Waals surface area (Å²) in [4.78, 5) is 11.8. The van der Waals surface area contributed by atoms with Gasteiger partial charge in [-0.3, -0.25) is 0 Å². The van der Waals surface area contributed by atoms with E-state index in [1.165, 1.54) is 0 Å². The van der Waals surface area contributed by atoms with Crippen LogP contribution in [-0.2, 0) is 0 Å². The first-order valence-electron chi connectivity index (χ1n) is 6.37. The highest BCUT2D eigenvalue weighted by molar-refractivity contribution is 5.99. The van der Waals surface area contributed by atoms with Crippen molar-refractivity contribution in [3.63, 3.8) is 0 Å². The zero-order valence-electron chi connectivity index (χ0n) is 12.1. The Bertz CT molecular complexity index is 798. The maximum absolute atomic E-state index is 5.71. The SMILES string of the molecule is COc1ccccc1-c1c(C)[nH]c2nc(N)nc(C)c12.Cl. The van der Waals surface area contributed by atoms with E-state index in [9.17, 15) is 0 Å². The van der Waals surface area contributed by atoms with Gasteiger partial charge in [0.05, 0.1) is 12.8 Å². The van der Waals surface area contributed by atoms with E-state index >= 15 is 0 Å². The van der Waals surface area contributed by atoms with Crippen molar-refractivity contribution in [1.82, 2.24) is 15.0 Å². The summed E-state index contributed by atoms with van der Waals surface area (Å²) in [5.41, 5.74) is 10.4. The van der Waals surface area contributed by atoms with Crippen LogP contribution in [0.4, 0.5) is 5.95 Å². The van der Waals surface area contributed by atoms with E-state index in [1.54, 1.807) is 7.11 Å². The molecule has 2 heterocycles. The smallest absolute Gasteiger partial charge is 0.222 e. The Hall–Kier alpha value is -2.27. The van der Waals surface area contributed by atoms with Gasteiger partial charge in [0.15, 0.2) is 0 Å². The fourth-order valence-corrected chi connectivity index (χ4v) is 2.60. The largest absolute Gasteiger partial charge is 0.496 e. The van der Waals surface area contributed by atoms with Crippen LogP contribution in [-0.4, -0.2) is 22.1 Å². The summed E-state index contributed by atoms with van der Waals surface area (Å²) < 4.78 is 5.46. The number of benzene rings is 1. The Labute approximate surface area is 129 Å². The molecule has 21 heavy (non-hydrogen) atoms. The van der Waals surface area contributed by atoms with Crippen molar-refractivity contribution < 1.29 is 4.74 Å². The van der Waals surface area contributed by atoms with Crippen molar-refractivity contribution in [3.8, 4) is 16.9 Å². The van der Waals surface area contributed by atoms with Crippen molar-refractivity contribution in [1.29, 1.82) is 0 Å². The minimum absolute atomic E-state index is 0. The van der Waals surface area contributed by atoms with E-state index in [2.05, 4.69) is 15.0 Å². The molecule has 3 rings (SSSR count). The summed E-state index contributed by atoms with van der Waals surface area (Å²) in [6.45, 7) is 3.95. The molecule has 0 amide bonds. The summed E-state index contributed by atoms with van der Waals surface area (Å²) in [5, 5.41) is 0.987. The minimum Gasteiger partial charge on any atom is -0.496 e. The van der Waals surface area contributed by atoms with Crippen LogP contribution in [0, 0.1) is 13.8 Å². The van der Waals surface area contributed by atoms with E-state index in [4.69, 9.17) is 10.5 Å². The lowest BCUT2D eigenvalue weighted by molar-refractivity contribution is 0.416. The lowest BCUT2D eigenvalue weighted by atomic mass is 10.0. The number of fused-ring (bicyclic) bond motifs is 1. The van der Waals surface area contributed by atoms with Crippen LogP contribution in [0.15, 0.2) is 24.3 Å². The minimum atomic E-state index is 0. The third-order valence-electron chi connectivity index (χ3n) is 3.41. The summed E-state index contributed by atoms with van der Waals surface area (Å²) >= 11 is 0. The number of rotatable bonds is 2. The number of para-hydroxylation sites is 1. The molecule has 0 fully saturated rings. The second-order valence-corrected chi connectivity index (χ2v) is 4.72. The first-order chi connectivity index (χ1) is 9.61. The highest BCUT2D eigenvalue weighted by atomic mass is 35.5. The molecule has 3 N–H and O–H groups in total. The topological polar surface area (TPSA) is 76.8 Å². The van der Waals surface area contributed by atoms with Gasteiger partial charge in [0.25, 0.3) is 0 Å². The Morgan fingerprint density at radius 1 is 1.14 bits per heavy atom. The maximum atomic E-state index is 5.71. The van der Waals surface area contributed by atoms with Crippen LogP contribution in [0.2, 0.25) is 0 Å². The van der Waals surface area contributed by atoms with E-state index in [0.29, 0.717) is 0 Å². The summed E-state index contributed by atoms with van der Waals surface area (Å²) in [6.07, 6.45) is 0. The standard InChI is InChI=1S/C15H16N4O.ClH/c1-8-12(10-6-4-5-7-11(10)20-3)13-9(2)18-15(16)19-14(13)17-8;/h4-7H,1-3H3,(H3,16,17,18,19);1H. The zero-order valence-corrected chi connectivity index (χ0v) is 12.9.